The third-order valence-electron chi connectivity index (χ3n) is 3.06. The Morgan fingerprint density at radius 2 is 2.05 bits per heavy atom. The van der Waals surface area contributed by atoms with Crippen LogP contribution in [0.25, 0.3) is 11.0 Å². The molecule has 19 heavy (non-hydrogen) atoms. The molecule has 0 atom stereocenters. The first-order chi connectivity index (χ1) is 9.25. The molecule has 3 aromatic rings. The molecule has 0 bridgehead atoms. The predicted molar refractivity (Wildman–Crippen MR) is 75.6 cm³/mol. The molecule has 94 valence electrons. The number of aromatic amines is 1. The Labute approximate surface area is 115 Å². The summed E-state index contributed by atoms with van der Waals surface area (Å²) in [7, 11) is 0. The minimum atomic E-state index is 0.0346. The third kappa shape index (κ3) is 2.25. The molecular weight excluding hydrogens is 260 g/mol. The molecule has 1 aromatic carbocycles. The number of nitrogens with zero attached hydrogens (tertiary/aromatic N) is 1. The highest BCUT2D eigenvalue weighted by atomic mass is 35.5. The van der Waals surface area contributed by atoms with E-state index in [1.807, 2.05) is 30.3 Å². The molecule has 0 unspecified atom stereocenters. The van der Waals surface area contributed by atoms with Crippen LogP contribution in [0.4, 0.5) is 0 Å². The minimum absolute atomic E-state index is 0.0346. The Morgan fingerprint density at radius 3 is 2.89 bits per heavy atom. The van der Waals surface area contributed by atoms with Crippen molar-refractivity contribution < 1.29 is 4.79 Å². The maximum atomic E-state index is 12.3. The van der Waals surface area contributed by atoms with Crippen LogP contribution in [0.5, 0.6) is 0 Å². The van der Waals surface area contributed by atoms with Crippen molar-refractivity contribution in [1.82, 2.24) is 9.97 Å². The van der Waals surface area contributed by atoms with Gasteiger partial charge in [-0.2, -0.15) is 0 Å². The van der Waals surface area contributed by atoms with Crippen LogP contribution in [0.15, 0.2) is 48.8 Å². The zero-order valence-corrected chi connectivity index (χ0v) is 10.8. The van der Waals surface area contributed by atoms with E-state index < -0.39 is 0 Å². The van der Waals surface area contributed by atoms with Crippen LogP contribution in [-0.4, -0.2) is 15.8 Å². The number of hydrogen-bond acceptors (Lipinski definition) is 2. The molecule has 2 heterocycles. The first kappa shape index (κ1) is 11.9. The molecule has 0 radical (unpaired) electrons. The van der Waals surface area contributed by atoms with Crippen molar-refractivity contribution in [2.45, 2.75) is 6.42 Å². The first-order valence-corrected chi connectivity index (χ1v) is 6.32. The number of halogens is 1. The van der Waals surface area contributed by atoms with Crippen LogP contribution in [0, 0.1) is 0 Å². The molecule has 0 aliphatic rings. The maximum absolute atomic E-state index is 12.3. The molecule has 3 nitrogen and oxygen atoms in total. The third-order valence-corrected chi connectivity index (χ3v) is 3.43. The van der Waals surface area contributed by atoms with Gasteiger partial charge in [-0.25, -0.2) is 4.98 Å². The van der Waals surface area contributed by atoms with Gasteiger partial charge in [0.25, 0.3) is 0 Å². The molecule has 0 aliphatic carbocycles. The fourth-order valence-corrected chi connectivity index (χ4v) is 2.30. The second-order valence-corrected chi connectivity index (χ2v) is 4.70. The van der Waals surface area contributed by atoms with Crippen molar-refractivity contribution >= 4 is 28.4 Å². The van der Waals surface area contributed by atoms with Gasteiger partial charge in [0, 0.05) is 34.8 Å². The Bertz CT molecular complexity index is 748. The van der Waals surface area contributed by atoms with Crippen molar-refractivity contribution in [3.05, 3.63) is 64.9 Å². The van der Waals surface area contributed by atoms with Gasteiger partial charge in [-0.15, -0.1) is 0 Å². The van der Waals surface area contributed by atoms with Crippen LogP contribution in [0.2, 0.25) is 5.02 Å². The van der Waals surface area contributed by atoms with E-state index in [1.54, 1.807) is 18.5 Å². The molecule has 0 saturated heterocycles. The number of carbonyl (C=O) groups excluding carboxylic acids is 1. The number of benzene rings is 1. The normalized spacial score (nSPS) is 10.8. The monoisotopic (exact) mass is 270 g/mol. The van der Waals surface area contributed by atoms with E-state index in [0.29, 0.717) is 17.0 Å². The summed E-state index contributed by atoms with van der Waals surface area (Å²) in [4.78, 5) is 19.5. The van der Waals surface area contributed by atoms with Crippen molar-refractivity contribution in [2.24, 2.45) is 0 Å². The van der Waals surface area contributed by atoms with Gasteiger partial charge in [0.05, 0.1) is 0 Å². The highest BCUT2D eigenvalue weighted by Crippen LogP contribution is 2.21. The molecule has 0 amide bonds. The molecule has 0 spiro atoms. The molecule has 4 heteroatoms. The SMILES string of the molecule is O=C(Cc1ccccc1Cl)c1c[nH]c2ncccc12. The van der Waals surface area contributed by atoms with E-state index in [0.717, 1.165) is 16.6 Å². The van der Waals surface area contributed by atoms with Gasteiger partial charge in [-0.1, -0.05) is 29.8 Å². The van der Waals surface area contributed by atoms with E-state index in [2.05, 4.69) is 9.97 Å². The van der Waals surface area contributed by atoms with E-state index in [4.69, 9.17) is 11.6 Å². The summed E-state index contributed by atoms with van der Waals surface area (Å²) in [6.07, 6.45) is 3.69. The minimum Gasteiger partial charge on any atom is -0.345 e. The number of pyridine rings is 1. The van der Waals surface area contributed by atoms with Crippen molar-refractivity contribution in [1.29, 1.82) is 0 Å². The summed E-state index contributed by atoms with van der Waals surface area (Å²) in [6, 6.07) is 11.1. The Morgan fingerprint density at radius 1 is 1.21 bits per heavy atom. The van der Waals surface area contributed by atoms with E-state index >= 15 is 0 Å². The average molecular weight is 271 g/mol. The van der Waals surface area contributed by atoms with Crippen LogP contribution < -0.4 is 0 Å². The Balaban J connectivity index is 1.95. The molecular formula is C15H11ClN2O. The average Bonchev–Trinajstić information content (AvgIpc) is 2.85. The summed E-state index contributed by atoms with van der Waals surface area (Å²) in [6.45, 7) is 0. The number of fused-ring (bicyclic) bond motifs is 1. The summed E-state index contributed by atoms with van der Waals surface area (Å²) in [5.41, 5.74) is 2.22. The van der Waals surface area contributed by atoms with Gasteiger partial charge < -0.3 is 4.98 Å². The van der Waals surface area contributed by atoms with Crippen LogP contribution in [0.1, 0.15) is 15.9 Å². The fraction of sp³-hybridized carbons (Fsp3) is 0.0667. The van der Waals surface area contributed by atoms with Gasteiger partial charge in [0.15, 0.2) is 5.78 Å². The van der Waals surface area contributed by atoms with Crippen molar-refractivity contribution in [3.63, 3.8) is 0 Å². The van der Waals surface area contributed by atoms with Gasteiger partial charge in [-0.05, 0) is 23.8 Å². The summed E-state index contributed by atoms with van der Waals surface area (Å²) >= 11 is 6.08. The summed E-state index contributed by atoms with van der Waals surface area (Å²) in [5, 5.41) is 1.47. The number of rotatable bonds is 3. The largest absolute Gasteiger partial charge is 0.345 e. The van der Waals surface area contributed by atoms with E-state index in [-0.39, 0.29) is 5.78 Å². The predicted octanol–water partition coefficient (Wildman–Crippen LogP) is 3.64. The Kier molecular flexibility index (Phi) is 3.05. The molecule has 1 N–H and O–H groups in total. The van der Waals surface area contributed by atoms with Crippen molar-refractivity contribution in [2.75, 3.05) is 0 Å². The molecule has 0 saturated carbocycles. The van der Waals surface area contributed by atoms with E-state index in [1.165, 1.54) is 0 Å². The van der Waals surface area contributed by atoms with Crippen LogP contribution in [-0.2, 0) is 6.42 Å². The topological polar surface area (TPSA) is 45.8 Å². The lowest BCUT2D eigenvalue weighted by Crippen LogP contribution is -2.03. The van der Waals surface area contributed by atoms with Crippen LogP contribution >= 0.6 is 11.6 Å². The highest BCUT2D eigenvalue weighted by Gasteiger charge is 2.14. The molecule has 2 aromatic heterocycles. The van der Waals surface area contributed by atoms with E-state index in [9.17, 15) is 4.79 Å². The molecule has 3 rings (SSSR count). The lowest BCUT2D eigenvalue weighted by Gasteiger charge is -2.02. The van der Waals surface area contributed by atoms with Gasteiger partial charge in [0.1, 0.15) is 5.65 Å². The summed E-state index contributed by atoms with van der Waals surface area (Å²) in [5.74, 6) is 0.0346. The fourth-order valence-electron chi connectivity index (χ4n) is 2.10. The number of carbonyl (C=O) groups is 1. The Hall–Kier alpha value is -2.13. The number of aromatic nitrogens is 2. The number of hydrogen-bond donors (Lipinski definition) is 1. The number of ketones is 1. The number of H-pyrrole nitrogens is 1. The number of Topliss-reactive ketones (excluding diaryl/α,β-unsaturated/α-hetero) is 1. The van der Waals surface area contributed by atoms with Crippen LogP contribution in [0.3, 0.4) is 0 Å². The lowest BCUT2D eigenvalue weighted by molar-refractivity contribution is 0.0994. The zero-order chi connectivity index (χ0) is 13.2. The van der Waals surface area contributed by atoms with Gasteiger partial charge in [-0.3, -0.25) is 4.79 Å². The quantitative estimate of drug-likeness (QED) is 0.739. The second-order valence-electron chi connectivity index (χ2n) is 4.29. The second kappa shape index (κ2) is 4.86. The summed E-state index contributed by atoms with van der Waals surface area (Å²) < 4.78 is 0. The maximum Gasteiger partial charge on any atom is 0.169 e. The smallest absolute Gasteiger partial charge is 0.169 e. The lowest BCUT2D eigenvalue weighted by atomic mass is 10.0. The van der Waals surface area contributed by atoms with Crippen molar-refractivity contribution in [3.8, 4) is 0 Å². The van der Waals surface area contributed by atoms with Gasteiger partial charge in [0.2, 0.25) is 0 Å². The standard InChI is InChI=1S/C15H11ClN2O/c16-13-6-2-1-4-10(13)8-14(19)12-9-18-15-11(12)5-3-7-17-15/h1-7,9H,8H2,(H,17,18). The molecule has 0 aliphatic heterocycles. The number of nitrogens with one attached hydrogen (secondary N) is 1. The zero-order valence-electron chi connectivity index (χ0n) is 10.1. The molecule has 0 fully saturated rings. The highest BCUT2D eigenvalue weighted by molar-refractivity contribution is 6.31. The van der Waals surface area contributed by atoms with Gasteiger partial charge >= 0.3 is 0 Å². The first-order valence-electron chi connectivity index (χ1n) is 5.94.